The number of carbonyl (C=O) groups excluding carboxylic acids is 2. The number of thiazole rings is 1. The second-order valence-corrected chi connectivity index (χ2v) is 8.49. The minimum Gasteiger partial charge on any atom is -0.497 e. The van der Waals surface area contributed by atoms with Crippen molar-refractivity contribution in [2.75, 3.05) is 20.2 Å². The third-order valence-corrected chi connectivity index (χ3v) is 6.42. The van der Waals surface area contributed by atoms with E-state index in [2.05, 4.69) is 10.3 Å². The summed E-state index contributed by atoms with van der Waals surface area (Å²) in [6, 6.07) is 7.03. The van der Waals surface area contributed by atoms with E-state index in [1.165, 1.54) is 11.3 Å². The Bertz CT molecular complexity index is 881. The van der Waals surface area contributed by atoms with Gasteiger partial charge in [0.25, 0.3) is 11.8 Å². The summed E-state index contributed by atoms with van der Waals surface area (Å²) in [5.74, 6) is 1.15. The van der Waals surface area contributed by atoms with Crippen molar-refractivity contribution in [3.05, 3.63) is 39.8 Å². The highest BCUT2D eigenvalue weighted by atomic mass is 32.1. The van der Waals surface area contributed by atoms with Crippen LogP contribution in [0.2, 0.25) is 0 Å². The van der Waals surface area contributed by atoms with Crippen molar-refractivity contribution in [3.63, 3.8) is 0 Å². The first-order chi connectivity index (χ1) is 14.4. The lowest BCUT2D eigenvalue weighted by Crippen LogP contribution is -2.52. The van der Waals surface area contributed by atoms with E-state index >= 15 is 0 Å². The van der Waals surface area contributed by atoms with Crippen LogP contribution in [0.5, 0.6) is 11.5 Å². The zero-order valence-corrected chi connectivity index (χ0v) is 18.8. The Balaban J connectivity index is 1.56. The molecule has 0 saturated carbocycles. The number of nitrogens with zero attached hydrogens (tertiary/aromatic N) is 2. The standard InChI is InChI=1S/C22H29N3O4S/c1-5-19-23-14(2)20(30-19)22(27)25-12-6-7-16(13-25)24-21(26)15(3)29-18-10-8-17(28-4)9-11-18/h8-11,15-16H,5-7,12-13H2,1-4H3,(H,24,26). The number of hydrogen-bond donors (Lipinski definition) is 1. The lowest BCUT2D eigenvalue weighted by molar-refractivity contribution is -0.128. The highest BCUT2D eigenvalue weighted by Gasteiger charge is 2.29. The van der Waals surface area contributed by atoms with Gasteiger partial charge in [-0.3, -0.25) is 9.59 Å². The number of rotatable bonds is 7. The number of aromatic nitrogens is 1. The molecule has 162 valence electrons. The molecule has 0 spiro atoms. The van der Waals surface area contributed by atoms with Crippen LogP contribution in [0, 0.1) is 6.92 Å². The average molecular weight is 432 g/mol. The maximum absolute atomic E-state index is 13.0. The Labute approximate surface area is 181 Å². The van der Waals surface area contributed by atoms with Crippen molar-refractivity contribution in [1.29, 1.82) is 0 Å². The number of benzene rings is 1. The van der Waals surface area contributed by atoms with E-state index in [1.54, 1.807) is 38.3 Å². The molecule has 30 heavy (non-hydrogen) atoms. The van der Waals surface area contributed by atoms with E-state index in [9.17, 15) is 9.59 Å². The molecule has 1 aliphatic rings. The number of hydrogen-bond acceptors (Lipinski definition) is 6. The molecule has 1 N–H and O–H groups in total. The van der Waals surface area contributed by atoms with Crippen LogP contribution in [0.3, 0.4) is 0 Å². The van der Waals surface area contributed by atoms with Gasteiger partial charge in [0.15, 0.2) is 6.10 Å². The van der Waals surface area contributed by atoms with Crippen molar-refractivity contribution in [3.8, 4) is 11.5 Å². The van der Waals surface area contributed by atoms with Gasteiger partial charge in [-0.25, -0.2) is 4.98 Å². The first-order valence-corrected chi connectivity index (χ1v) is 11.1. The summed E-state index contributed by atoms with van der Waals surface area (Å²) in [4.78, 5) is 32.6. The molecule has 2 unspecified atom stereocenters. The molecule has 1 aromatic heterocycles. The Kier molecular flexibility index (Phi) is 7.31. The van der Waals surface area contributed by atoms with Crippen LogP contribution in [-0.2, 0) is 11.2 Å². The van der Waals surface area contributed by atoms with Gasteiger partial charge in [-0.15, -0.1) is 11.3 Å². The molecule has 7 nitrogen and oxygen atoms in total. The zero-order chi connectivity index (χ0) is 21.7. The van der Waals surface area contributed by atoms with Crippen LogP contribution in [0.15, 0.2) is 24.3 Å². The van der Waals surface area contributed by atoms with Gasteiger partial charge >= 0.3 is 0 Å². The van der Waals surface area contributed by atoms with Crippen LogP contribution < -0.4 is 14.8 Å². The van der Waals surface area contributed by atoms with Gasteiger partial charge in [-0.05, 0) is 57.4 Å². The lowest BCUT2D eigenvalue weighted by Gasteiger charge is -2.33. The van der Waals surface area contributed by atoms with Gasteiger partial charge in [-0.2, -0.15) is 0 Å². The van der Waals surface area contributed by atoms with Crippen molar-refractivity contribution >= 4 is 23.2 Å². The number of aryl methyl sites for hydroxylation is 2. The number of amides is 2. The first kappa shape index (κ1) is 22.1. The molecule has 2 amide bonds. The Morgan fingerprint density at radius 1 is 1.30 bits per heavy atom. The van der Waals surface area contributed by atoms with Gasteiger partial charge in [0.1, 0.15) is 16.4 Å². The molecular weight excluding hydrogens is 402 g/mol. The van der Waals surface area contributed by atoms with E-state index in [0.717, 1.165) is 35.7 Å². The Morgan fingerprint density at radius 3 is 2.63 bits per heavy atom. The van der Waals surface area contributed by atoms with E-state index < -0.39 is 6.10 Å². The first-order valence-electron chi connectivity index (χ1n) is 10.3. The summed E-state index contributed by atoms with van der Waals surface area (Å²) in [5.41, 5.74) is 0.787. The van der Waals surface area contributed by atoms with Crippen LogP contribution >= 0.6 is 11.3 Å². The van der Waals surface area contributed by atoms with E-state index in [-0.39, 0.29) is 17.9 Å². The number of likely N-dealkylation sites (tertiary alicyclic amines) is 1. The molecule has 2 atom stereocenters. The topological polar surface area (TPSA) is 80.8 Å². The SMILES string of the molecule is CCc1nc(C)c(C(=O)N2CCCC(NC(=O)C(C)Oc3ccc(OC)cc3)C2)s1. The molecule has 1 saturated heterocycles. The molecule has 0 bridgehead atoms. The Hall–Kier alpha value is -2.61. The molecule has 0 aliphatic carbocycles. The third-order valence-electron chi connectivity index (χ3n) is 5.13. The van der Waals surface area contributed by atoms with Gasteiger partial charge < -0.3 is 19.7 Å². The molecule has 1 aromatic carbocycles. The second kappa shape index (κ2) is 9.93. The summed E-state index contributed by atoms with van der Waals surface area (Å²) < 4.78 is 10.9. The van der Waals surface area contributed by atoms with Crippen molar-refractivity contribution in [1.82, 2.24) is 15.2 Å². The fraction of sp³-hybridized carbons (Fsp3) is 0.500. The maximum atomic E-state index is 13.0. The highest BCUT2D eigenvalue weighted by molar-refractivity contribution is 7.13. The van der Waals surface area contributed by atoms with Crippen LogP contribution in [0.1, 0.15) is 47.1 Å². The fourth-order valence-corrected chi connectivity index (χ4v) is 4.43. The van der Waals surface area contributed by atoms with Crippen LogP contribution in [0.4, 0.5) is 0 Å². The molecule has 1 fully saturated rings. The van der Waals surface area contributed by atoms with Crippen molar-refractivity contribution < 1.29 is 19.1 Å². The molecule has 0 radical (unpaired) electrons. The lowest BCUT2D eigenvalue weighted by atomic mass is 10.0. The minimum absolute atomic E-state index is 0.00572. The zero-order valence-electron chi connectivity index (χ0n) is 17.9. The molecule has 8 heteroatoms. The van der Waals surface area contributed by atoms with E-state index in [4.69, 9.17) is 9.47 Å². The number of carbonyl (C=O) groups is 2. The number of methoxy groups -OCH3 is 1. The van der Waals surface area contributed by atoms with Gasteiger partial charge in [0, 0.05) is 19.1 Å². The molecule has 3 rings (SSSR count). The van der Waals surface area contributed by atoms with Gasteiger partial charge in [-0.1, -0.05) is 6.92 Å². The monoisotopic (exact) mass is 431 g/mol. The third kappa shape index (κ3) is 5.30. The van der Waals surface area contributed by atoms with E-state index in [0.29, 0.717) is 23.7 Å². The average Bonchev–Trinajstić information content (AvgIpc) is 3.14. The summed E-state index contributed by atoms with van der Waals surface area (Å²) in [6.07, 6.45) is 1.87. The number of ether oxygens (including phenoxy) is 2. The molecule has 1 aliphatic heterocycles. The smallest absolute Gasteiger partial charge is 0.265 e. The van der Waals surface area contributed by atoms with Gasteiger partial charge in [0.2, 0.25) is 0 Å². The quantitative estimate of drug-likeness (QED) is 0.728. The van der Waals surface area contributed by atoms with Crippen molar-refractivity contribution in [2.24, 2.45) is 0 Å². The number of piperidine rings is 1. The van der Waals surface area contributed by atoms with Crippen molar-refractivity contribution in [2.45, 2.75) is 52.2 Å². The fourth-order valence-electron chi connectivity index (χ4n) is 3.46. The highest BCUT2D eigenvalue weighted by Crippen LogP contribution is 2.23. The van der Waals surface area contributed by atoms with E-state index in [1.807, 2.05) is 18.7 Å². The summed E-state index contributed by atoms with van der Waals surface area (Å²) in [5, 5.41) is 4.01. The summed E-state index contributed by atoms with van der Waals surface area (Å²) >= 11 is 1.47. The molecule has 2 aromatic rings. The molecular formula is C22H29N3O4S. The van der Waals surface area contributed by atoms with Crippen LogP contribution in [0.25, 0.3) is 0 Å². The predicted octanol–water partition coefficient (Wildman–Crippen LogP) is 3.21. The van der Waals surface area contributed by atoms with Gasteiger partial charge in [0.05, 0.1) is 17.8 Å². The summed E-state index contributed by atoms with van der Waals surface area (Å²) in [6.45, 7) is 6.83. The molecule has 2 heterocycles. The normalized spacial score (nSPS) is 17.3. The second-order valence-electron chi connectivity index (χ2n) is 7.41. The largest absolute Gasteiger partial charge is 0.497 e. The predicted molar refractivity (Wildman–Crippen MR) is 116 cm³/mol. The Morgan fingerprint density at radius 2 is 2.00 bits per heavy atom. The summed E-state index contributed by atoms with van der Waals surface area (Å²) in [7, 11) is 1.60. The number of nitrogens with one attached hydrogen (secondary N) is 1. The van der Waals surface area contributed by atoms with Crippen LogP contribution in [-0.4, -0.2) is 54.0 Å². The minimum atomic E-state index is -0.639. The maximum Gasteiger partial charge on any atom is 0.265 e.